The lowest BCUT2D eigenvalue weighted by Crippen LogP contribution is -2.12. The molecule has 0 spiro atoms. The molecule has 1 amide bonds. The Morgan fingerprint density at radius 2 is 2.17 bits per heavy atom. The Kier molecular flexibility index (Phi) is 3.01. The number of nitrogens with zero attached hydrogens (tertiary/aromatic N) is 1. The predicted molar refractivity (Wildman–Crippen MR) is 64.7 cm³/mol. The lowest BCUT2D eigenvalue weighted by Gasteiger charge is -2.04. The van der Waals surface area contributed by atoms with E-state index in [2.05, 4.69) is 10.5 Å². The van der Waals surface area contributed by atoms with Crippen LogP contribution in [0, 0.1) is 19.7 Å². The van der Waals surface area contributed by atoms with Crippen molar-refractivity contribution in [2.75, 3.05) is 11.1 Å². The van der Waals surface area contributed by atoms with E-state index in [1.54, 1.807) is 13.8 Å². The number of halogens is 1. The van der Waals surface area contributed by atoms with Gasteiger partial charge < -0.3 is 10.3 Å². The van der Waals surface area contributed by atoms with E-state index in [9.17, 15) is 9.18 Å². The first-order chi connectivity index (χ1) is 8.49. The van der Waals surface area contributed by atoms with Crippen molar-refractivity contribution in [3.63, 3.8) is 0 Å². The Balaban J connectivity index is 2.22. The van der Waals surface area contributed by atoms with Crippen molar-refractivity contribution in [3.8, 4) is 0 Å². The number of anilines is 2. The molecule has 2 rings (SSSR count). The molecule has 1 aromatic heterocycles. The third-order valence-electron chi connectivity index (χ3n) is 2.64. The van der Waals surface area contributed by atoms with Gasteiger partial charge in [0.15, 0.2) is 0 Å². The van der Waals surface area contributed by atoms with Crippen LogP contribution in [0.5, 0.6) is 0 Å². The second kappa shape index (κ2) is 4.48. The zero-order chi connectivity index (χ0) is 13.3. The Bertz CT molecular complexity index is 607. The third kappa shape index (κ3) is 2.17. The number of hydrogen-bond acceptors (Lipinski definition) is 4. The summed E-state index contributed by atoms with van der Waals surface area (Å²) >= 11 is 0. The number of carbonyl (C=O) groups excluding carboxylic acids is 1. The Morgan fingerprint density at radius 3 is 2.72 bits per heavy atom. The molecule has 1 heterocycles. The van der Waals surface area contributed by atoms with Gasteiger partial charge in [-0.1, -0.05) is 5.16 Å². The lowest BCUT2D eigenvalue weighted by atomic mass is 10.2. The topological polar surface area (TPSA) is 81.2 Å². The monoisotopic (exact) mass is 249 g/mol. The maximum absolute atomic E-state index is 13.0. The smallest absolute Gasteiger partial charge is 0.258 e. The number of aromatic nitrogens is 1. The van der Waals surface area contributed by atoms with E-state index in [0.29, 0.717) is 5.69 Å². The van der Waals surface area contributed by atoms with Crippen molar-refractivity contribution in [2.45, 2.75) is 13.8 Å². The zero-order valence-electron chi connectivity index (χ0n) is 9.95. The maximum atomic E-state index is 13.0. The minimum Gasteiger partial charge on any atom is -0.396 e. The minimum atomic E-state index is -0.557. The molecule has 2 aromatic rings. The zero-order valence-corrected chi connectivity index (χ0v) is 9.95. The van der Waals surface area contributed by atoms with Crippen molar-refractivity contribution in [1.29, 1.82) is 0 Å². The quantitative estimate of drug-likeness (QED) is 0.800. The van der Waals surface area contributed by atoms with Gasteiger partial charge >= 0.3 is 0 Å². The average Bonchev–Trinajstić information content (AvgIpc) is 2.64. The van der Waals surface area contributed by atoms with E-state index >= 15 is 0 Å². The fraction of sp³-hybridized carbons (Fsp3) is 0.167. The molecular formula is C12H12FN3O2. The van der Waals surface area contributed by atoms with Crippen LogP contribution < -0.4 is 11.1 Å². The van der Waals surface area contributed by atoms with Crippen molar-refractivity contribution in [3.05, 3.63) is 40.8 Å². The first kappa shape index (κ1) is 12.1. The van der Waals surface area contributed by atoms with Crippen molar-refractivity contribution in [2.24, 2.45) is 0 Å². The SMILES string of the molecule is Cc1noc(NC(=O)c2ccc(F)c(N)c2)c1C. The number of rotatable bonds is 2. The van der Waals surface area contributed by atoms with Crippen LogP contribution in [-0.2, 0) is 0 Å². The molecule has 18 heavy (non-hydrogen) atoms. The van der Waals surface area contributed by atoms with Crippen molar-refractivity contribution < 1.29 is 13.7 Å². The maximum Gasteiger partial charge on any atom is 0.258 e. The largest absolute Gasteiger partial charge is 0.396 e. The van der Waals surface area contributed by atoms with E-state index < -0.39 is 11.7 Å². The average molecular weight is 249 g/mol. The molecule has 0 bridgehead atoms. The van der Waals surface area contributed by atoms with E-state index in [1.165, 1.54) is 12.1 Å². The Morgan fingerprint density at radius 1 is 1.44 bits per heavy atom. The second-order valence-electron chi connectivity index (χ2n) is 3.91. The normalized spacial score (nSPS) is 10.4. The molecule has 0 aliphatic rings. The summed E-state index contributed by atoms with van der Waals surface area (Å²) in [5, 5.41) is 6.27. The number of amides is 1. The van der Waals surface area contributed by atoms with Crippen LogP contribution in [-0.4, -0.2) is 11.1 Å². The predicted octanol–water partition coefficient (Wildman–Crippen LogP) is 2.27. The highest BCUT2D eigenvalue weighted by Gasteiger charge is 2.14. The molecule has 0 radical (unpaired) electrons. The molecule has 0 unspecified atom stereocenters. The van der Waals surface area contributed by atoms with Crippen LogP contribution in [0.1, 0.15) is 21.6 Å². The highest BCUT2D eigenvalue weighted by atomic mass is 19.1. The molecule has 3 N–H and O–H groups in total. The summed E-state index contributed by atoms with van der Waals surface area (Å²) in [5.74, 6) is -0.709. The summed E-state index contributed by atoms with van der Waals surface area (Å²) in [6.45, 7) is 3.55. The van der Waals surface area contributed by atoms with E-state index in [0.717, 1.165) is 11.6 Å². The standard InChI is InChI=1S/C12H12FN3O2/c1-6-7(2)16-18-12(6)15-11(17)8-3-4-9(13)10(14)5-8/h3-5H,14H2,1-2H3,(H,15,17). The summed E-state index contributed by atoms with van der Waals surface area (Å²) < 4.78 is 17.9. The summed E-state index contributed by atoms with van der Waals surface area (Å²) in [6.07, 6.45) is 0. The lowest BCUT2D eigenvalue weighted by molar-refractivity contribution is 0.102. The molecule has 5 nitrogen and oxygen atoms in total. The number of nitrogens with one attached hydrogen (secondary N) is 1. The molecule has 6 heteroatoms. The van der Waals surface area contributed by atoms with E-state index in [-0.39, 0.29) is 17.1 Å². The highest BCUT2D eigenvalue weighted by Crippen LogP contribution is 2.19. The number of carbonyl (C=O) groups is 1. The number of hydrogen-bond donors (Lipinski definition) is 2. The summed E-state index contributed by atoms with van der Waals surface area (Å²) in [5.41, 5.74) is 7.02. The van der Waals surface area contributed by atoms with Crippen LogP contribution in [0.4, 0.5) is 16.0 Å². The first-order valence-electron chi connectivity index (χ1n) is 5.28. The van der Waals surface area contributed by atoms with Crippen LogP contribution in [0.3, 0.4) is 0 Å². The number of aryl methyl sites for hydroxylation is 1. The molecule has 0 saturated carbocycles. The van der Waals surface area contributed by atoms with Crippen LogP contribution in [0.25, 0.3) is 0 Å². The van der Waals surface area contributed by atoms with Gasteiger partial charge in [-0.05, 0) is 32.0 Å². The van der Waals surface area contributed by atoms with Crippen molar-refractivity contribution in [1.82, 2.24) is 5.16 Å². The van der Waals surface area contributed by atoms with Crippen LogP contribution >= 0.6 is 0 Å². The second-order valence-corrected chi connectivity index (χ2v) is 3.91. The van der Waals surface area contributed by atoms with E-state index in [1.807, 2.05) is 0 Å². The molecule has 1 aromatic carbocycles. The number of nitrogens with two attached hydrogens (primary N) is 1. The van der Waals surface area contributed by atoms with Gasteiger partial charge in [-0.2, -0.15) is 0 Å². The fourth-order valence-corrected chi connectivity index (χ4v) is 1.39. The number of benzene rings is 1. The summed E-state index contributed by atoms with van der Waals surface area (Å²) in [4.78, 5) is 11.9. The van der Waals surface area contributed by atoms with Crippen molar-refractivity contribution >= 4 is 17.5 Å². The van der Waals surface area contributed by atoms with Gasteiger partial charge in [0.2, 0.25) is 5.88 Å². The van der Waals surface area contributed by atoms with Gasteiger partial charge in [0, 0.05) is 11.1 Å². The molecule has 0 fully saturated rings. The van der Waals surface area contributed by atoms with Crippen LogP contribution in [0.15, 0.2) is 22.7 Å². The molecule has 0 aliphatic heterocycles. The summed E-state index contributed by atoms with van der Waals surface area (Å²) in [7, 11) is 0. The molecule has 94 valence electrons. The Hall–Kier alpha value is -2.37. The van der Waals surface area contributed by atoms with Gasteiger partial charge in [0.25, 0.3) is 5.91 Å². The van der Waals surface area contributed by atoms with Crippen LogP contribution in [0.2, 0.25) is 0 Å². The number of nitrogen functional groups attached to an aromatic ring is 1. The van der Waals surface area contributed by atoms with E-state index in [4.69, 9.17) is 10.3 Å². The Labute approximate surface area is 103 Å². The molecule has 0 saturated heterocycles. The first-order valence-corrected chi connectivity index (χ1v) is 5.28. The van der Waals surface area contributed by atoms with Gasteiger partial charge in [0.05, 0.1) is 11.4 Å². The third-order valence-corrected chi connectivity index (χ3v) is 2.64. The highest BCUT2D eigenvalue weighted by molar-refractivity contribution is 6.04. The summed E-state index contributed by atoms with van der Waals surface area (Å²) in [6, 6.07) is 3.76. The molecule has 0 atom stereocenters. The fourth-order valence-electron chi connectivity index (χ4n) is 1.39. The van der Waals surface area contributed by atoms with Gasteiger partial charge in [0.1, 0.15) is 5.82 Å². The molecule has 0 aliphatic carbocycles. The van der Waals surface area contributed by atoms with Gasteiger partial charge in [-0.15, -0.1) is 0 Å². The van der Waals surface area contributed by atoms with Gasteiger partial charge in [-0.25, -0.2) is 4.39 Å². The molecular weight excluding hydrogens is 237 g/mol. The minimum absolute atomic E-state index is 0.0758. The van der Waals surface area contributed by atoms with Gasteiger partial charge in [-0.3, -0.25) is 10.1 Å².